The average Bonchev–Trinajstić information content (AvgIpc) is 2.51. The molecular formula is C17H22ClN3. The fourth-order valence-electron chi connectivity index (χ4n) is 2.78. The van der Waals surface area contributed by atoms with Crippen molar-refractivity contribution in [2.24, 2.45) is 0 Å². The van der Waals surface area contributed by atoms with Crippen LogP contribution in [0.15, 0.2) is 48.8 Å². The number of aryl methyl sites for hydroxylation is 1. The topological polar surface area (TPSA) is 28.2 Å². The number of nitrogens with zero attached hydrogens (tertiary/aromatic N) is 2. The molecule has 1 aromatic carbocycles. The summed E-state index contributed by atoms with van der Waals surface area (Å²) in [5.74, 6) is 0. The monoisotopic (exact) mass is 303 g/mol. The highest BCUT2D eigenvalue weighted by Crippen LogP contribution is 2.23. The number of piperazine rings is 1. The lowest BCUT2D eigenvalue weighted by Crippen LogP contribution is -2.45. The predicted octanol–water partition coefficient (Wildman–Crippen LogP) is 2.96. The molecule has 2 heterocycles. The molecule has 0 saturated carbocycles. The zero-order valence-electron chi connectivity index (χ0n) is 12.3. The van der Waals surface area contributed by atoms with Gasteiger partial charge in [0, 0.05) is 44.6 Å². The van der Waals surface area contributed by atoms with E-state index in [1.165, 1.54) is 16.7 Å². The minimum Gasteiger partial charge on any atom is -0.314 e. The maximum atomic E-state index is 4.12. The van der Waals surface area contributed by atoms with Gasteiger partial charge in [-0.25, -0.2) is 0 Å². The zero-order chi connectivity index (χ0) is 13.8. The number of hydrogen-bond donors (Lipinski definition) is 1. The van der Waals surface area contributed by atoms with Crippen LogP contribution in [0.3, 0.4) is 0 Å². The molecule has 21 heavy (non-hydrogen) atoms. The highest BCUT2D eigenvalue weighted by molar-refractivity contribution is 5.85. The van der Waals surface area contributed by atoms with Crippen LogP contribution >= 0.6 is 12.4 Å². The highest BCUT2D eigenvalue weighted by Gasteiger charge is 2.23. The largest absolute Gasteiger partial charge is 0.314 e. The summed E-state index contributed by atoms with van der Waals surface area (Å²) in [6.45, 7) is 6.30. The summed E-state index contributed by atoms with van der Waals surface area (Å²) in [5.41, 5.74) is 4.05. The Kier molecular flexibility index (Phi) is 5.74. The second kappa shape index (κ2) is 7.55. The molecule has 2 aromatic rings. The first-order valence-electron chi connectivity index (χ1n) is 7.23. The van der Waals surface area contributed by atoms with E-state index in [-0.39, 0.29) is 12.4 Å². The summed E-state index contributed by atoms with van der Waals surface area (Å²) in [6, 6.07) is 13.5. The Morgan fingerprint density at radius 3 is 2.57 bits per heavy atom. The molecule has 3 nitrogen and oxygen atoms in total. The molecule has 1 saturated heterocycles. The molecular weight excluding hydrogens is 282 g/mol. The molecule has 0 radical (unpaired) electrons. The zero-order valence-corrected chi connectivity index (χ0v) is 13.1. The van der Waals surface area contributed by atoms with Gasteiger partial charge in [0.05, 0.1) is 0 Å². The molecule has 1 atom stereocenters. The maximum absolute atomic E-state index is 4.12. The SMILES string of the molecule is Cc1ccc(CN2CCNCC2c2ccncc2)cc1.Cl. The van der Waals surface area contributed by atoms with Crippen molar-refractivity contribution >= 4 is 12.4 Å². The van der Waals surface area contributed by atoms with Crippen LogP contribution in [0.5, 0.6) is 0 Å². The molecule has 1 aliphatic heterocycles. The lowest BCUT2D eigenvalue weighted by molar-refractivity contribution is 0.153. The van der Waals surface area contributed by atoms with Crippen LogP contribution in [0.2, 0.25) is 0 Å². The normalized spacial score (nSPS) is 19.0. The number of rotatable bonds is 3. The van der Waals surface area contributed by atoms with Crippen LogP contribution in [0, 0.1) is 6.92 Å². The second-order valence-corrected chi connectivity index (χ2v) is 5.46. The molecule has 1 aromatic heterocycles. The fourth-order valence-corrected chi connectivity index (χ4v) is 2.78. The van der Waals surface area contributed by atoms with Crippen molar-refractivity contribution in [2.75, 3.05) is 19.6 Å². The smallest absolute Gasteiger partial charge is 0.0477 e. The Labute approximate surface area is 132 Å². The van der Waals surface area contributed by atoms with Crippen LogP contribution in [-0.2, 0) is 6.54 Å². The molecule has 0 bridgehead atoms. The summed E-state index contributed by atoms with van der Waals surface area (Å²) in [4.78, 5) is 6.67. The van der Waals surface area contributed by atoms with E-state index in [9.17, 15) is 0 Å². The van der Waals surface area contributed by atoms with Gasteiger partial charge in [-0.05, 0) is 30.2 Å². The summed E-state index contributed by atoms with van der Waals surface area (Å²) in [5, 5.41) is 3.50. The van der Waals surface area contributed by atoms with Crippen molar-refractivity contribution < 1.29 is 0 Å². The molecule has 1 N–H and O–H groups in total. The van der Waals surface area contributed by atoms with Gasteiger partial charge in [0.2, 0.25) is 0 Å². The van der Waals surface area contributed by atoms with Gasteiger partial charge in [-0.2, -0.15) is 0 Å². The van der Waals surface area contributed by atoms with Crippen molar-refractivity contribution in [3.8, 4) is 0 Å². The molecule has 0 amide bonds. The molecule has 3 rings (SSSR count). The van der Waals surface area contributed by atoms with Crippen LogP contribution in [0.4, 0.5) is 0 Å². The standard InChI is InChI=1S/C17H21N3.ClH/c1-14-2-4-15(5-3-14)13-20-11-10-19-12-17(20)16-6-8-18-9-7-16;/h2-9,17,19H,10-13H2,1H3;1H. The summed E-state index contributed by atoms with van der Waals surface area (Å²) in [7, 11) is 0. The van der Waals surface area contributed by atoms with E-state index in [0.717, 1.165) is 26.2 Å². The Balaban J connectivity index is 0.00000161. The molecule has 1 aliphatic rings. The lowest BCUT2D eigenvalue weighted by atomic mass is 10.0. The van der Waals surface area contributed by atoms with Crippen LogP contribution < -0.4 is 5.32 Å². The summed E-state index contributed by atoms with van der Waals surface area (Å²) in [6.07, 6.45) is 3.77. The van der Waals surface area contributed by atoms with Gasteiger partial charge in [-0.15, -0.1) is 12.4 Å². The van der Waals surface area contributed by atoms with Crippen LogP contribution in [0.1, 0.15) is 22.7 Å². The summed E-state index contributed by atoms with van der Waals surface area (Å²) < 4.78 is 0. The molecule has 1 fully saturated rings. The first-order chi connectivity index (χ1) is 9.83. The second-order valence-electron chi connectivity index (χ2n) is 5.46. The molecule has 112 valence electrons. The van der Waals surface area contributed by atoms with Gasteiger partial charge in [-0.1, -0.05) is 29.8 Å². The molecule has 4 heteroatoms. The van der Waals surface area contributed by atoms with E-state index >= 15 is 0 Å². The number of nitrogens with one attached hydrogen (secondary N) is 1. The van der Waals surface area contributed by atoms with Gasteiger partial charge in [0.25, 0.3) is 0 Å². The maximum Gasteiger partial charge on any atom is 0.0477 e. The van der Waals surface area contributed by atoms with E-state index in [1.54, 1.807) is 0 Å². The average molecular weight is 304 g/mol. The number of pyridine rings is 1. The third kappa shape index (κ3) is 4.03. The third-order valence-corrected chi connectivity index (χ3v) is 3.95. The van der Waals surface area contributed by atoms with Crippen molar-refractivity contribution in [1.29, 1.82) is 0 Å². The first kappa shape index (κ1) is 16.0. The minimum atomic E-state index is 0. The lowest BCUT2D eigenvalue weighted by Gasteiger charge is -2.36. The van der Waals surface area contributed by atoms with Crippen LogP contribution in [0.25, 0.3) is 0 Å². The minimum absolute atomic E-state index is 0. The number of halogens is 1. The van der Waals surface area contributed by atoms with Gasteiger partial charge in [0.1, 0.15) is 0 Å². The molecule has 0 spiro atoms. The van der Waals surface area contributed by atoms with E-state index in [2.05, 4.69) is 58.5 Å². The van der Waals surface area contributed by atoms with Crippen LogP contribution in [-0.4, -0.2) is 29.5 Å². The Bertz CT molecular complexity index is 542. The summed E-state index contributed by atoms with van der Waals surface area (Å²) >= 11 is 0. The molecule has 0 aliphatic carbocycles. The van der Waals surface area contributed by atoms with E-state index in [1.807, 2.05) is 12.4 Å². The van der Waals surface area contributed by atoms with Gasteiger partial charge in [-0.3, -0.25) is 9.88 Å². The van der Waals surface area contributed by atoms with Gasteiger partial charge in [0.15, 0.2) is 0 Å². The number of hydrogen-bond acceptors (Lipinski definition) is 3. The van der Waals surface area contributed by atoms with Crippen molar-refractivity contribution in [3.63, 3.8) is 0 Å². The molecule has 1 unspecified atom stereocenters. The quantitative estimate of drug-likeness (QED) is 0.945. The third-order valence-electron chi connectivity index (χ3n) is 3.95. The Hall–Kier alpha value is -1.42. The first-order valence-corrected chi connectivity index (χ1v) is 7.23. The number of aromatic nitrogens is 1. The van der Waals surface area contributed by atoms with Crippen molar-refractivity contribution in [1.82, 2.24) is 15.2 Å². The fraction of sp³-hybridized carbons (Fsp3) is 0.353. The highest BCUT2D eigenvalue weighted by atomic mass is 35.5. The predicted molar refractivity (Wildman–Crippen MR) is 88.7 cm³/mol. The Morgan fingerprint density at radius 1 is 1.14 bits per heavy atom. The van der Waals surface area contributed by atoms with Crippen molar-refractivity contribution in [2.45, 2.75) is 19.5 Å². The van der Waals surface area contributed by atoms with E-state index < -0.39 is 0 Å². The Morgan fingerprint density at radius 2 is 1.86 bits per heavy atom. The van der Waals surface area contributed by atoms with E-state index in [4.69, 9.17) is 0 Å². The van der Waals surface area contributed by atoms with Gasteiger partial charge < -0.3 is 5.32 Å². The van der Waals surface area contributed by atoms with Crippen molar-refractivity contribution in [3.05, 3.63) is 65.5 Å². The van der Waals surface area contributed by atoms with E-state index in [0.29, 0.717) is 6.04 Å². The van der Waals surface area contributed by atoms with Gasteiger partial charge >= 0.3 is 0 Å². The number of benzene rings is 1.